The molecule has 0 unspecified atom stereocenters. The van der Waals surface area contributed by atoms with E-state index < -0.39 is 0 Å². The number of thiazole rings is 1. The van der Waals surface area contributed by atoms with Crippen LogP contribution in [0.4, 0.5) is 0 Å². The van der Waals surface area contributed by atoms with Crippen LogP contribution in [0.1, 0.15) is 64.6 Å². The van der Waals surface area contributed by atoms with Crippen LogP contribution >= 0.6 is 35.3 Å². The molecule has 2 N–H and O–H groups in total. The Kier molecular flexibility index (Phi) is 9.29. The number of halogens is 1. The first kappa shape index (κ1) is 23.6. The molecular formula is C19H36IN5S. The van der Waals surface area contributed by atoms with Gasteiger partial charge in [0, 0.05) is 29.9 Å². The zero-order chi connectivity index (χ0) is 18.5. The lowest BCUT2D eigenvalue weighted by Crippen LogP contribution is -2.54. The minimum atomic E-state index is 0. The Morgan fingerprint density at radius 1 is 1.15 bits per heavy atom. The van der Waals surface area contributed by atoms with Gasteiger partial charge in [0.1, 0.15) is 0 Å². The van der Waals surface area contributed by atoms with Crippen molar-refractivity contribution >= 4 is 41.3 Å². The van der Waals surface area contributed by atoms with Crippen molar-refractivity contribution in [3.05, 3.63) is 16.1 Å². The van der Waals surface area contributed by atoms with Gasteiger partial charge in [0.05, 0.1) is 17.2 Å². The molecule has 5 nitrogen and oxygen atoms in total. The largest absolute Gasteiger partial charge is 0.355 e. The Morgan fingerprint density at radius 3 is 2.35 bits per heavy atom. The van der Waals surface area contributed by atoms with E-state index in [4.69, 9.17) is 4.98 Å². The molecule has 2 heterocycles. The van der Waals surface area contributed by atoms with E-state index in [-0.39, 0.29) is 34.9 Å². The third-order valence-electron chi connectivity index (χ3n) is 4.75. The first-order valence-electron chi connectivity index (χ1n) is 9.37. The smallest absolute Gasteiger partial charge is 0.191 e. The molecule has 0 radical (unpaired) electrons. The zero-order valence-electron chi connectivity index (χ0n) is 17.2. The number of hydrogen-bond acceptors (Lipinski definition) is 4. The molecule has 1 saturated heterocycles. The maximum absolute atomic E-state index is 4.74. The molecule has 1 fully saturated rings. The van der Waals surface area contributed by atoms with Gasteiger partial charge < -0.3 is 10.6 Å². The fraction of sp³-hybridized carbons (Fsp3) is 0.789. The third kappa shape index (κ3) is 6.96. The minimum Gasteiger partial charge on any atom is -0.355 e. The SMILES string of the molecule is CN=C(NCc1csc(C(C)(C)C)n1)NCC(C)(C)N1CCCCC1.I. The Balaban J connectivity index is 0.00000338. The number of aliphatic imine (C=N–C) groups is 1. The Hall–Kier alpha value is -0.410. The summed E-state index contributed by atoms with van der Waals surface area (Å²) in [4.78, 5) is 11.7. The molecule has 1 aliphatic rings. The van der Waals surface area contributed by atoms with Crippen LogP contribution in [0.5, 0.6) is 0 Å². The third-order valence-corrected chi connectivity index (χ3v) is 6.07. The number of guanidine groups is 1. The van der Waals surface area contributed by atoms with Crippen molar-refractivity contribution in [2.45, 2.75) is 71.4 Å². The predicted octanol–water partition coefficient (Wildman–Crippen LogP) is 3.99. The van der Waals surface area contributed by atoms with Gasteiger partial charge in [0.15, 0.2) is 5.96 Å². The van der Waals surface area contributed by atoms with E-state index in [0.717, 1.165) is 18.2 Å². The van der Waals surface area contributed by atoms with Crippen molar-refractivity contribution in [3.8, 4) is 0 Å². The molecule has 26 heavy (non-hydrogen) atoms. The highest BCUT2D eigenvalue weighted by Gasteiger charge is 2.27. The molecule has 150 valence electrons. The Labute approximate surface area is 180 Å². The van der Waals surface area contributed by atoms with Crippen LogP contribution in [0.2, 0.25) is 0 Å². The maximum atomic E-state index is 4.74. The fourth-order valence-electron chi connectivity index (χ4n) is 3.04. The van der Waals surface area contributed by atoms with E-state index in [1.807, 2.05) is 7.05 Å². The number of nitrogens with one attached hydrogen (secondary N) is 2. The van der Waals surface area contributed by atoms with Crippen molar-refractivity contribution in [3.63, 3.8) is 0 Å². The van der Waals surface area contributed by atoms with Crippen LogP contribution in [-0.2, 0) is 12.0 Å². The number of piperidine rings is 1. The van der Waals surface area contributed by atoms with Gasteiger partial charge in [-0.2, -0.15) is 0 Å². The molecule has 0 spiro atoms. The molecule has 7 heteroatoms. The van der Waals surface area contributed by atoms with Gasteiger partial charge in [0.2, 0.25) is 0 Å². The quantitative estimate of drug-likeness (QED) is 0.370. The van der Waals surface area contributed by atoms with Crippen LogP contribution in [-0.4, -0.2) is 48.1 Å². The molecule has 1 aromatic rings. The van der Waals surface area contributed by atoms with Gasteiger partial charge in [0.25, 0.3) is 0 Å². The lowest BCUT2D eigenvalue weighted by Gasteiger charge is -2.41. The van der Waals surface area contributed by atoms with E-state index in [1.54, 1.807) is 11.3 Å². The van der Waals surface area contributed by atoms with E-state index in [0.29, 0.717) is 6.54 Å². The summed E-state index contributed by atoms with van der Waals surface area (Å²) in [5.41, 5.74) is 1.33. The van der Waals surface area contributed by atoms with Crippen LogP contribution in [0.3, 0.4) is 0 Å². The van der Waals surface area contributed by atoms with Crippen LogP contribution < -0.4 is 10.6 Å². The van der Waals surface area contributed by atoms with Crippen molar-refractivity contribution in [2.24, 2.45) is 4.99 Å². The monoisotopic (exact) mass is 493 g/mol. The summed E-state index contributed by atoms with van der Waals surface area (Å²) in [5.74, 6) is 0.843. The van der Waals surface area contributed by atoms with Crippen molar-refractivity contribution in [1.82, 2.24) is 20.5 Å². The summed E-state index contributed by atoms with van der Waals surface area (Å²) in [6, 6.07) is 0. The normalized spacial score (nSPS) is 16.9. The molecule has 2 rings (SSSR count). The topological polar surface area (TPSA) is 52.6 Å². The molecule has 1 aliphatic heterocycles. The van der Waals surface area contributed by atoms with Crippen LogP contribution in [0.15, 0.2) is 10.4 Å². The molecular weight excluding hydrogens is 457 g/mol. The fourth-order valence-corrected chi connectivity index (χ4v) is 3.95. The average Bonchev–Trinajstić information content (AvgIpc) is 3.05. The van der Waals surface area contributed by atoms with Crippen LogP contribution in [0, 0.1) is 0 Å². The summed E-state index contributed by atoms with van der Waals surface area (Å²) < 4.78 is 0. The second-order valence-electron chi connectivity index (χ2n) is 8.53. The van der Waals surface area contributed by atoms with E-state index in [2.05, 4.69) is 60.5 Å². The van der Waals surface area contributed by atoms with E-state index >= 15 is 0 Å². The van der Waals surface area contributed by atoms with Crippen LogP contribution in [0.25, 0.3) is 0 Å². The summed E-state index contributed by atoms with van der Waals surface area (Å²) >= 11 is 1.73. The van der Waals surface area contributed by atoms with E-state index in [9.17, 15) is 0 Å². The number of nitrogens with zero attached hydrogens (tertiary/aromatic N) is 3. The summed E-state index contributed by atoms with van der Waals surface area (Å²) in [7, 11) is 1.82. The highest BCUT2D eigenvalue weighted by Crippen LogP contribution is 2.25. The first-order chi connectivity index (χ1) is 11.7. The Bertz CT molecular complexity index is 571. The zero-order valence-corrected chi connectivity index (χ0v) is 20.3. The van der Waals surface area contributed by atoms with Crippen molar-refractivity contribution < 1.29 is 0 Å². The minimum absolute atomic E-state index is 0. The summed E-state index contributed by atoms with van der Waals surface area (Å²) in [6.07, 6.45) is 4.00. The first-order valence-corrected chi connectivity index (χ1v) is 10.2. The lowest BCUT2D eigenvalue weighted by atomic mass is 9.98. The highest BCUT2D eigenvalue weighted by atomic mass is 127. The van der Waals surface area contributed by atoms with Crippen molar-refractivity contribution in [1.29, 1.82) is 0 Å². The Morgan fingerprint density at radius 2 is 1.81 bits per heavy atom. The lowest BCUT2D eigenvalue weighted by molar-refractivity contribution is 0.0982. The van der Waals surface area contributed by atoms with E-state index in [1.165, 1.54) is 37.4 Å². The highest BCUT2D eigenvalue weighted by molar-refractivity contribution is 14.0. The standard InChI is InChI=1S/C19H35N5S.HI/c1-18(2,3)16-23-15(13-25-16)12-21-17(20-6)22-14-19(4,5)24-10-8-7-9-11-24;/h13H,7-12,14H2,1-6H3,(H2,20,21,22);1H. The number of likely N-dealkylation sites (tertiary alicyclic amines) is 1. The molecule has 1 aromatic heterocycles. The number of aromatic nitrogens is 1. The van der Waals surface area contributed by atoms with Gasteiger partial charge in [-0.1, -0.05) is 27.2 Å². The number of rotatable bonds is 5. The summed E-state index contributed by atoms with van der Waals surface area (Å²) in [6.45, 7) is 15.2. The molecule has 0 atom stereocenters. The molecule has 0 aliphatic carbocycles. The maximum Gasteiger partial charge on any atom is 0.191 e. The van der Waals surface area contributed by atoms with Gasteiger partial charge in [-0.15, -0.1) is 35.3 Å². The van der Waals surface area contributed by atoms with Gasteiger partial charge >= 0.3 is 0 Å². The molecule has 0 aromatic carbocycles. The van der Waals surface area contributed by atoms with Gasteiger partial charge in [-0.3, -0.25) is 9.89 Å². The van der Waals surface area contributed by atoms with Crippen molar-refractivity contribution in [2.75, 3.05) is 26.7 Å². The molecule has 0 amide bonds. The summed E-state index contributed by atoms with van der Waals surface area (Å²) in [5, 5.41) is 10.2. The van der Waals surface area contributed by atoms with Gasteiger partial charge in [-0.05, 0) is 39.8 Å². The second kappa shape index (κ2) is 10.2. The average molecular weight is 494 g/mol. The molecule has 0 bridgehead atoms. The predicted molar refractivity (Wildman–Crippen MR) is 124 cm³/mol. The molecule has 0 saturated carbocycles. The van der Waals surface area contributed by atoms with Gasteiger partial charge in [-0.25, -0.2) is 4.98 Å². The second-order valence-corrected chi connectivity index (χ2v) is 9.39. The number of hydrogen-bond donors (Lipinski definition) is 2.